The van der Waals surface area contributed by atoms with E-state index in [2.05, 4.69) is 15.2 Å². The lowest BCUT2D eigenvalue weighted by Gasteiger charge is -2.06. The number of esters is 1. The maximum Gasteiger partial charge on any atom is 0.305 e. The van der Waals surface area contributed by atoms with Crippen LogP contribution >= 0.6 is 0 Å². The van der Waals surface area contributed by atoms with E-state index < -0.39 is 0 Å². The first-order chi connectivity index (χ1) is 10.2. The molecule has 1 aromatic carbocycles. The fourth-order valence-electron chi connectivity index (χ4n) is 1.83. The number of amides is 1. The lowest BCUT2D eigenvalue weighted by molar-refractivity contribution is -0.140. The molecule has 110 valence electrons. The topological polar surface area (TPSA) is 73.2 Å². The van der Waals surface area contributed by atoms with Crippen molar-refractivity contribution in [3.8, 4) is 5.69 Å². The summed E-state index contributed by atoms with van der Waals surface area (Å²) in [5, 5.41) is 6.88. The van der Waals surface area contributed by atoms with Gasteiger partial charge >= 0.3 is 5.97 Å². The minimum Gasteiger partial charge on any atom is -0.469 e. The number of carbonyl (C=O) groups is 2. The predicted octanol–water partition coefficient (Wildman–Crippen LogP) is 1.56. The molecule has 6 heteroatoms. The summed E-state index contributed by atoms with van der Waals surface area (Å²) >= 11 is 0. The lowest BCUT2D eigenvalue weighted by atomic mass is 10.2. The molecule has 0 atom stereocenters. The Hall–Kier alpha value is -2.63. The molecule has 2 rings (SSSR count). The molecule has 6 nitrogen and oxygen atoms in total. The van der Waals surface area contributed by atoms with Gasteiger partial charge in [0.2, 0.25) is 0 Å². The summed E-state index contributed by atoms with van der Waals surface area (Å²) in [5.41, 5.74) is 1.46. The standard InChI is InChI=1S/C15H17N3O3/c1-21-14(19)4-2-9-16-15(20)12-5-7-13(8-6-12)18-11-3-10-17-18/h3,5-8,10-11H,2,4,9H2,1H3,(H,16,20). The van der Waals surface area contributed by atoms with Crippen molar-refractivity contribution in [2.45, 2.75) is 12.8 Å². The quantitative estimate of drug-likeness (QED) is 0.646. The third kappa shape index (κ3) is 4.17. The second-order valence-corrected chi connectivity index (χ2v) is 4.43. The number of benzene rings is 1. The monoisotopic (exact) mass is 287 g/mol. The molecule has 1 N–H and O–H groups in total. The van der Waals surface area contributed by atoms with Crippen LogP contribution in [0.25, 0.3) is 5.69 Å². The summed E-state index contributed by atoms with van der Waals surface area (Å²) < 4.78 is 6.25. The number of carbonyl (C=O) groups excluding carboxylic acids is 2. The van der Waals surface area contributed by atoms with E-state index in [-0.39, 0.29) is 11.9 Å². The van der Waals surface area contributed by atoms with Gasteiger partial charge in [0.25, 0.3) is 5.91 Å². The van der Waals surface area contributed by atoms with E-state index in [4.69, 9.17) is 0 Å². The van der Waals surface area contributed by atoms with Crippen LogP contribution in [0.2, 0.25) is 0 Å². The number of nitrogens with one attached hydrogen (secondary N) is 1. The first-order valence-electron chi connectivity index (χ1n) is 6.66. The number of ether oxygens (including phenoxy) is 1. The maximum atomic E-state index is 11.9. The van der Waals surface area contributed by atoms with Gasteiger partial charge in [-0.3, -0.25) is 9.59 Å². The molecule has 0 aliphatic heterocycles. The van der Waals surface area contributed by atoms with Gasteiger partial charge in [0.15, 0.2) is 0 Å². The van der Waals surface area contributed by atoms with Gasteiger partial charge in [-0.05, 0) is 36.8 Å². The van der Waals surface area contributed by atoms with Gasteiger partial charge in [-0.1, -0.05) is 0 Å². The van der Waals surface area contributed by atoms with Crippen molar-refractivity contribution in [3.05, 3.63) is 48.3 Å². The maximum absolute atomic E-state index is 11.9. The fourth-order valence-corrected chi connectivity index (χ4v) is 1.83. The Balaban J connectivity index is 1.84. The molecule has 0 bridgehead atoms. The summed E-state index contributed by atoms with van der Waals surface area (Å²) in [6.07, 6.45) is 4.39. The fraction of sp³-hybridized carbons (Fsp3) is 0.267. The minimum atomic E-state index is -0.271. The minimum absolute atomic E-state index is 0.160. The zero-order valence-corrected chi connectivity index (χ0v) is 11.8. The average Bonchev–Trinajstić information content (AvgIpc) is 3.05. The van der Waals surface area contributed by atoms with E-state index in [1.165, 1.54) is 7.11 Å². The zero-order chi connectivity index (χ0) is 15.1. The van der Waals surface area contributed by atoms with Crippen molar-refractivity contribution < 1.29 is 14.3 Å². The van der Waals surface area contributed by atoms with Crippen LogP contribution in [-0.4, -0.2) is 35.3 Å². The van der Waals surface area contributed by atoms with Crippen LogP contribution in [-0.2, 0) is 9.53 Å². The highest BCUT2D eigenvalue weighted by atomic mass is 16.5. The largest absolute Gasteiger partial charge is 0.469 e. The van der Waals surface area contributed by atoms with Crippen molar-refractivity contribution in [1.29, 1.82) is 0 Å². The van der Waals surface area contributed by atoms with E-state index >= 15 is 0 Å². The molecule has 0 saturated carbocycles. The first-order valence-corrected chi connectivity index (χ1v) is 6.66. The number of hydrogen-bond donors (Lipinski definition) is 1. The molecule has 21 heavy (non-hydrogen) atoms. The number of hydrogen-bond acceptors (Lipinski definition) is 4. The Bertz CT molecular complexity index is 591. The van der Waals surface area contributed by atoms with Crippen molar-refractivity contribution >= 4 is 11.9 Å². The van der Waals surface area contributed by atoms with Crippen LogP contribution < -0.4 is 5.32 Å². The van der Waals surface area contributed by atoms with Gasteiger partial charge in [-0.25, -0.2) is 4.68 Å². The first kappa shape index (κ1) is 14.8. The molecule has 0 aliphatic carbocycles. The third-order valence-corrected chi connectivity index (χ3v) is 2.97. The van der Waals surface area contributed by atoms with Gasteiger partial charge < -0.3 is 10.1 Å². The summed E-state index contributed by atoms with van der Waals surface area (Å²) in [7, 11) is 1.35. The Labute approximate surface area is 122 Å². The molecule has 0 fully saturated rings. The van der Waals surface area contributed by atoms with E-state index in [1.807, 2.05) is 24.4 Å². The van der Waals surface area contributed by atoms with E-state index in [0.717, 1.165) is 5.69 Å². The molecular formula is C15H17N3O3. The predicted molar refractivity (Wildman–Crippen MR) is 77.1 cm³/mol. The Kier molecular flexibility index (Phi) is 5.09. The van der Waals surface area contributed by atoms with Crippen LogP contribution in [0.1, 0.15) is 23.2 Å². The second kappa shape index (κ2) is 7.23. The number of nitrogens with zero attached hydrogens (tertiary/aromatic N) is 2. The molecule has 1 heterocycles. The summed E-state index contributed by atoms with van der Waals surface area (Å²) in [6, 6.07) is 8.98. The molecule has 1 aromatic heterocycles. The van der Waals surface area contributed by atoms with E-state index in [0.29, 0.717) is 24.9 Å². The van der Waals surface area contributed by atoms with Crippen molar-refractivity contribution in [2.24, 2.45) is 0 Å². The molecule has 1 amide bonds. The highest BCUT2D eigenvalue weighted by molar-refractivity contribution is 5.94. The van der Waals surface area contributed by atoms with Crippen molar-refractivity contribution in [1.82, 2.24) is 15.1 Å². The second-order valence-electron chi connectivity index (χ2n) is 4.43. The Morgan fingerprint density at radius 3 is 2.67 bits per heavy atom. The van der Waals surface area contributed by atoms with Gasteiger partial charge in [0, 0.05) is 30.9 Å². The molecule has 0 spiro atoms. The van der Waals surface area contributed by atoms with Crippen LogP contribution in [0.3, 0.4) is 0 Å². The zero-order valence-electron chi connectivity index (χ0n) is 11.8. The Morgan fingerprint density at radius 2 is 2.05 bits per heavy atom. The van der Waals surface area contributed by atoms with Crippen LogP contribution in [0.5, 0.6) is 0 Å². The SMILES string of the molecule is COC(=O)CCCNC(=O)c1ccc(-n2cccn2)cc1. The Morgan fingerprint density at radius 1 is 1.29 bits per heavy atom. The molecule has 2 aromatic rings. The van der Waals surface area contributed by atoms with Crippen molar-refractivity contribution in [2.75, 3.05) is 13.7 Å². The molecule has 0 saturated heterocycles. The van der Waals surface area contributed by atoms with Crippen LogP contribution in [0.15, 0.2) is 42.7 Å². The van der Waals surface area contributed by atoms with Gasteiger partial charge in [0.1, 0.15) is 0 Å². The number of methoxy groups -OCH3 is 1. The molecular weight excluding hydrogens is 270 g/mol. The lowest BCUT2D eigenvalue weighted by Crippen LogP contribution is -2.24. The molecule has 0 aliphatic rings. The summed E-state index contributed by atoms with van der Waals surface area (Å²) in [6.45, 7) is 0.439. The summed E-state index contributed by atoms with van der Waals surface area (Å²) in [5.74, 6) is -0.431. The van der Waals surface area contributed by atoms with Gasteiger partial charge in [-0.15, -0.1) is 0 Å². The van der Waals surface area contributed by atoms with Crippen LogP contribution in [0, 0.1) is 0 Å². The summed E-state index contributed by atoms with van der Waals surface area (Å²) in [4.78, 5) is 22.8. The van der Waals surface area contributed by atoms with Crippen LogP contribution in [0.4, 0.5) is 0 Å². The third-order valence-electron chi connectivity index (χ3n) is 2.97. The normalized spacial score (nSPS) is 10.1. The van der Waals surface area contributed by atoms with Gasteiger partial charge in [0.05, 0.1) is 12.8 Å². The van der Waals surface area contributed by atoms with E-state index in [1.54, 1.807) is 23.0 Å². The van der Waals surface area contributed by atoms with E-state index in [9.17, 15) is 9.59 Å². The molecule has 0 radical (unpaired) electrons. The number of aromatic nitrogens is 2. The van der Waals surface area contributed by atoms with Gasteiger partial charge in [-0.2, -0.15) is 5.10 Å². The average molecular weight is 287 g/mol. The highest BCUT2D eigenvalue weighted by Crippen LogP contribution is 2.08. The van der Waals surface area contributed by atoms with Crippen molar-refractivity contribution in [3.63, 3.8) is 0 Å². The number of rotatable bonds is 6. The molecule has 0 unspecified atom stereocenters. The highest BCUT2D eigenvalue weighted by Gasteiger charge is 2.06. The smallest absolute Gasteiger partial charge is 0.305 e.